The van der Waals surface area contributed by atoms with Crippen molar-refractivity contribution in [3.05, 3.63) is 23.8 Å². The smallest absolute Gasteiger partial charge is 0.337 e. The second kappa shape index (κ2) is 4.21. The SMILES string of the molecule is CC(C)N(C)c1ccc(C(=O)O)c(N)c1. The molecule has 0 radical (unpaired) electrons. The maximum Gasteiger partial charge on any atom is 0.337 e. The van der Waals surface area contributed by atoms with Gasteiger partial charge in [0.25, 0.3) is 0 Å². The van der Waals surface area contributed by atoms with Crippen LogP contribution in [0.1, 0.15) is 24.2 Å². The molecular weight excluding hydrogens is 192 g/mol. The summed E-state index contributed by atoms with van der Waals surface area (Å²) in [6.07, 6.45) is 0. The van der Waals surface area contributed by atoms with E-state index in [0.29, 0.717) is 11.7 Å². The predicted molar refractivity (Wildman–Crippen MR) is 61.4 cm³/mol. The van der Waals surface area contributed by atoms with Crippen molar-refractivity contribution in [2.24, 2.45) is 0 Å². The summed E-state index contributed by atoms with van der Waals surface area (Å²) in [5.74, 6) is -0.994. The molecule has 4 heteroatoms. The largest absolute Gasteiger partial charge is 0.478 e. The van der Waals surface area contributed by atoms with Gasteiger partial charge in [0.05, 0.1) is 5.56 Å². The second-order valence-corrected chi connectivity index (χ2v) is 3.78. The van der Waals surface area contributed by atoms with Crippen molar-refractivity contribution in [2.45, 2.75) is 19.9 Å². The van der Waals surface area contributed by atoms with E-state index in [0.717, 1.165) is 5.69 Å². The third kappa shape index (κ3) is 2.40. The number of nitrogen functional groups attached to an aromatic ring is 1. The maximum atomic E-state index is 10.7. The van der Waals surface area contributed by atoms with Gasteiger partial charge in [-0.15, -0.1) is 0 Å². The van der Waals surface area contributed by atoms with Crippen molar-refractivity contribution in [1.29, 1.82) is 0 Å². The average Bonchev–Trinajstić information content (AvgIpc) is 2.15. The van der Waals surface area contributed by atoms with E-state index in [2.05, 4.69) is 13.8 Å². The van der Waals surface area contributed by atoms with Crippen molar-refractivity contribution < 1.29 is 9.90 Å². The Labute approximate surface area is 89.3 Å². The fourth-order valence-corrected chi connectivity index (χ4v) is 1.26. The molecule has 82 valence electrons. The zero-order valence-electron chi connectivity index (χ0n) is 9.19. The molecule has 0 heterocycles. The number of carboxylic acid groups (broad SMARTS) is 1. The standard InChI is InChI=1S/C11H16N2O2/c1-7(2)13(3)8-4-5-9(11(14)15)10(12)6-8/h4-7H,12H2,1-3H3,(H,14,15). The summed E-state index contributed by atoms with van der Waals surface area (Å²) in [4.78, 5) is 12.8. The molecule has 1 rings (SSSR count). The molecule has 0 aliphatic carbocycles. The van der Waals surface area contributed by atoms with Gasteiger partial charge in [-0.25, -0.2) is 4.79 Å². The number of nitrogens with zero attached hydrogens (tertiary/aromatic N) is 1. The van der Waals surface area contributed by atoms with E-state index in [-0.39, 0.29) is 5.56 Å². The first kappa shape index (κ1) is 11.4. The number of carbonyl (C=O) groups is 1. The van der Waals surface area contributed by atoms with E-state index in [4.69, 9.17) is 10.8 Å². The van der Waals surface area contributed by atoms with Gasteiger partial charge in [-0.1, -0.05) is 0 Å². The van der Waals surface area contributed by atoms with Crippen LogP contribution in [0.4, 0.5) is 11.4 Å². The monoisotopic (exact) mass is 208 g/mol. The third-order valence-electron chi connectivity index (χ3n) is 2.45. The predicted octanol–water partition coefficient (Wildman–Crippen LogP) is 1.81. The number of hydrogen-bond donors (Lipinski definition) is 2. The lowest BCUT2D eigenvalue weighted by molar-refractivity contribution is 0.0698. The summed E-state index contributed by atoms with van der Waals surface area (Å²) in [5, 5.41) is 8.81. The molecule has 1 aromatic carbocycles. The average molecular weight is 208 g/mol. The van der Waals surface area contributed by atoms with Crippen LogP contribution >= 0.6 is 0 Å². The maximum absolute atomic E-state index is 10.7. The zero-order valence-corrected chi connectivity index (χ0v) is 9.19. The number of nitrogens with two attached hydrogens (primary N) is 1. The highest BCUT2D eigenvalue weighted by Gasteiger charge is 2.10. The molecular formula is C11H16N2O2. The van der Waals surface area contributed by atoms with Crippen LogP contribution in [0.25, 0.3) is 0 Å². The number of hydrogen-bond acceptors (Lipinski definition) is 3. The summed E-state index contributed by atoms with van der Waals surface area (Å²) in [6.45, 7) is 4.11. The van der Waals surface area contributed by atoms with Crippen LogP contribution in [0.5, 0.6) is 0 Å². The molecule has 3 N–H and O–H groups in total. The van der Waals surface area contributed by atoms with Crippen molar-refractivity contribution in [3.63, 3.8) is 0 Å². The van der Waals surface area contributed by atoms with Crippen LogP contribution in [0.3, 0.4) is 0 Å². The first-order valence-corrected chi connectivity index (χ1v) is 4.79. The Hall–Kier alpha value is -1.71. The zero-order chi connectivity index (χ0) is 11.6. The lowest BCUT2D eigenvalue weighted by Gasteiger charge is -2.24. The molecule has 0 spiro atoms. The quantitative estimate of drug-likeness (QED) is 0.743. The summed E-state index contributed by atoms with van der Waals surface area (Å²) in [6, 6.07) is 5.33. The van der Waals surface area contributed by atoms with Crippen molar-refractivity contribution in [2.75, 3.05) is 17.7 Å². The van der Waals surface area contributed by atoms with Crippen LogP contribution in [0, 0.1) is 0 Å². The Morgan fingerprint density at radius 2 is 2.07 bits per heavy atom. The fourth-order valence-electron chi connectivity index (χ4n) is 1.26. The number of benzene rings is 1. The number of rotatable bonds is 3. The molecule has 1 aromatic rings. The van der Waals surface area contributed by atoms with Crippen LogP contribution in [0.15, 0.2) is 18.2 Å². The van der Waals surface area contributed by atoms with E-state index >= 15 is 0 Å². The van der Waals surface area contributed by atoms with Crippen molar-refractivity contribution >= 4 is 17.3 Å². The summed E-state index contributed by atoms with van der Waals surface area (Å²) in [7, 11) is 1.94. The molecule has 0 aliphatic heterocycles. The van der Waals surface area contributed by atoms with Crippen LogP contribution in [-0.4, -0.2) is 24.2 Å². The minimum atomic E-state index is -0.994. The molecule has 0 saturated carbocycles. The van der Waals surface area contributed by atoms with E-state index in [1.165, 1.54) is 6.07 Å². The second-order valence-electron chi connectivity index (χ2n) is 3.78. The highest BCUT2D eigenvalue weighted by Crippen LogP contribution is 2.21. The van der Waals surface area contributed by atoms with Crippen molar-refractivity contribution in [3.8, 4) is 0 Å². The lowest BCUT2D eigenvalue weighted by Crippen LogP contribution is -2.25. The minimum Gasteiger partial charge on any atom is -0.478 e. The molecule has 0 amide bonds. The molecule has 0 aliphatic rings. The van der Waals surface area contributed by atoms with Gasteiger partial charge in [0.15, 0.2) is 0 Å². The number of anilines is 2. The third-order valence-corrected chi connectivity index (χ3v) is 2.45. The first-order chi connectivity index (χ1) is 6.93. The topological polar surface area (TPSA) is 66.6 Å². The van der Waals surface area contributed by atoms with Gasteiger partial charge in [0.2, 0.25) is 0 Å². The van der Waals surface area contributed by atoms with E-state index < -0.39 is 5.97 Å². The van der Waals surface area contributed by atoms with Gasteiger partial charge >= 0.3 is 5.97 Å². The molecule has 0 unspecified atom stereocenters. The van der Waals surface area contributed by atoms with Gasteiger partial charge < -0.3 is 15.7 Å². The highest BCUT2D eigenvalue weighted by atomic mass is 16.4. The Kier molecular flexibility index (Phi) is 3.19. The Morgan fingerprint density at radius 1 is 1.47 bits per heavy atom. The summed E-state index contributed by atoms with van der Waals surface area (Å²) < 4.78 is 0. The van der Waals surface area contributed by atoms with Gasteiger partial charge in [-0.05, 0) is 32.0 Å². The first-order valence-electron chi connectivity index (χ1n) is 4.79. The Balaban J connectivity index is 3.06. The summed E-state index contributed by atoms with van der Waals surface area (Å²) >= 11 is 0. The Bertz CT molecular complexity index is 375. The molecule has 4 nitrogen and oxygen atoms in total. The lowest BCUT2D eigenvalue weighted by atomic mass is 10.1. The van der Waals surface area contributed by atoms with Gasteiger partial charge in [0.1, 0.15) is 0 Å². The van der Waals surface area contributed by atoms with E-state index in [1.54, 1.807) is 12.1 Å². The van der Waals surface area contributed by atoms with Crippen molar-refractivity contribution in [1.82, 2.24) is 0 Å². The van der Waals surface area contributed by atoms with E-state index in [9.17, 15) is 4.79 Å². The highest BCUT2D eigenvalue weighted by molar-refractivity contribution is 5.94. The van der Waals surface area contributed by atoms with Crippen LogP contribution < -0.4 is 10.6 Å². The number of aromatic carboxylic acids is 1. The van der Waals surface area contributed by atoms with E-state index in [1.807, 2.05) is 11.9 Å². The molecule has 0 bridgehead atoms. The summed E-state index contributed by atoms with van der Waals surface area (Å²) in [5.41, 5.74) is 7.02. The normalized spacial score (nSPS) is 10.4. The molecule has 0 fully saturated rings. The van der Waals surface area contributed by atoms with Crippen LogP contribution in [0.2, 0.25) is 0 Å². The minimum absolute atomic E-state index is 0.149. The molecule has 0 atom stereocenters. The van der Waals surface area contributed by atoms with Gasteiger partial charge in [-0.3, -0.25) is 0 Å². The number of carboxylic acids is 1. The van der Waals surface area contributed by atoms with Gasteiger partial charge in [-0.2, -0.15) is 0 Å². The fraction of sp³-hybridized carbons (Fsp3) is 0.364. The van der Waals surface area contributed by atoms with Crippen LogP contribution in [-0.2, 0) is 0 Å². The van der Waals surface area contributed by atoms with Gasteiger partial charge in [0, 0.05) is 24.5 Å². The Morgan fingerprint density at radius 3 is 2.47 bits per heavy atom. The molecule has 0 saturated heterocycles. The molecule has 15 heavy (non-hydrogen) atoms. The molecule has 0 aromatic heterocycles.